The van der Waals surface area contributed by atoms with Crippen LogP contribution in [0.4, 0.5) is 4.79 Å². The van der Waals surface area contributed by atoms with Crippen LogP contribution in [0.25, 0.3) is 0 Å². The van der Waals surface area contributed by atoms with Crippen molar-refractivity contribution in [3.8, 4) is 0 Å². The molecule has 5 rings (SSSR count). The molecule has 1 saturated heterocycles. The van der Waals surface area contributed by atoms with Crippen LogP contribution in [0.2, 0.25) is 0 Å². The Bertz CT molecular complexity index is 490. The molecule has 1 aliphatic heterocycles. The molecule has 4 saturated carbocycles. The topological polar surface area (TPSA) is 61.4 Å². The molecule has 0 atom stereocenters. The normalized spacial score (nSPS) is 37.2. The first-order valence-electron chi connectivity index (χ1n) is 10.4. The molecule has 0 spiro atoms. The van der Waals surface area contributed by atoms with Crippen LogP contribution in [0, 0.1) is 23.2 Å². The fourth-order valence-corrected chi connectivity index (χ4v) is 6.62. The second kappa shape index (κ2) is 6.81. The molecule has 0 aromatic heterocycles. The number of hydrogen-bond donors (Lipinski definition) is 2. The van der Waals surface area contributed by atoms with Gasteiger partial charge in [0.15, 0.2) is 0 Å². The van der Waals surface area contributed by atoms with Crippen molar-refractivity contribution in [3.05, 3.63) is 0 Å². The van der Waals surface area contributed by atoms with E-state index in [2.05, 4.69) is 10.6 Å². The van der Waals surface area contributed by atoms with Gasteiger partial charge in [-0.3, -0.25) is 4.79 Å². The van der Waals surface area contributed by atoms with Crippen molar-refractivity contribution in [1.82, 2.24) is 15.5 Å². The van der Waals surface area contributed by atoms with Crippen LogP contribution in [0.1, 0.15) is 64.7 Å². The van der Waals surface area contributed by atoms with Gasteiger partial charge in [0.1, 0.15) is 0 Å². The van der Waals surface area contributed by atoms with Gasteiger partial charge in [0.05, 0.1) is 0 Å². The van der Waals surface area contributed by atoms with E-state index >= 15 is 0 Å². The Morgan fingerprint density at radius 2 is 1.56 bits per heavy atom. The maximum Gasteiger partial charge on any atom is 0.317 e. The Hall–Kier alpha value is -1.26. The van der Waals surface area contributed by atoms with E-state index in [1.165, 1.54) is 38.5 Å². The third kappa shape index (κ3) is 3.65. The van der Waals surface area contributed by atoms with Crippen molar-refractivity contribution in [2.45, 2.75) is 70.8 Å². The average Bonchev–Trinajstić information content (AvgIpc) is 2.53. The van der Waals surface area contributed by atoms with E-state index in [1.807, 2.05) is 11.8 Å². The molecule has 4 aliphatic carbocycles. The second-order valence-corrected chi connectivity index (χ2v) is 9.26. The molecule has 5 nitrogen and oxygen atoms in total. The molecule has 0 aromatic rings. The van der Waals surface area contributed by atoms with Crippen molar-refractivity contribution in [2.24, 2.45) is 23.2 Å². The minimum absolute atomic E-state index is 0.0286. The van der Waals surface area contributed by atoms with Crippen LogP contribution in [-0.4, -0.2) is 42.5 Å². The van der Waals surface area contributed by atoms with E-state index in [0.717, 1.165) is 50.1 Å². The third-order valence-corrected chi connectivity index (χ3v) is 7.18. The van der Waals surface area contributed by atoms with Gasteiger partial charge in [0.2, 0.25) is 5.91 Å². The van der Waals surface area contributed by atoms with Crippen LogP contribution in [0.5, 0.6) is 0 Å². The van der Waals surface area contributed by atoms with E-state index in [4.69, 9.17) is 0 Å². The van der Waals surface area contributed by atoms with Crippen LogP contribution in [0.15, 0.2) is 0 Å². The van der Waals surface area contributed by atoms with Crippen LogP contribution >= 0.6 is 0 Å². The number of nitrogens with one attached hydrogen (secondary N) is 2. The number of amides is 3. The molecule has 5 fully saturated rings. The summed E-state index contributed by atoms with van der Waals surface area (Å²) in [6.45, 7) is 4.10. The number of likely N-dealkylation sites (tertiary alicyclic amines) is 1. The summed E-state index contributed by atoms with van der Waals surface area (Å²) in [6, 6.07) is 0.271. The van der Waals surface area contributed by atoms with E-state index in [0.29, 0.717) is 12.0 Å². The zero-order chi connectivity index (χ0) is 17.4. The Morgan fingerprint density at radius 1 is 1.00 bits per heavy atom. The quantitative estimate of drug-likeness (QED) is 0.821. The lowest BCUT2D eigenvalue weighted by molar-refractivity contribution is -0.130. The Kier molecular flexibility index (Phi) is 4.67. The summed E-state index contributed by atoms with van der Waals surface area (Å²) in [5.41, 5.74) is 0.320. The Balaban J connectivity index is 1.26. The van der Waals surface area contributed by atoms with Gasteiger partial charge >= 0.3 is 6.03 Å². The summed E-state index contributed by atoms with van der Waals surface area (Å²) in [6.07, 6.45) is 10.7. The summed E-state index contributed by atoms with van der Waals surface area (Å²) >= 11 is 0. The molecular weight excluding hydrogens is 314 g/mol. The largest absolute Gasteiger partial charge is 0.353 e. The molecule has 0 radical (unpaired) electrons. The predicted octanol–water partition coefficient (Wildman–Crippen LogP) is 2.90. The molecular formula is C20H33N3O2. The van der Waals surface area contributed by atoms with Gasteiger partial charge in [-0.25, -0.2) is 4.79 Å². The number of carbonyl (C=O) groups excluding carboxylic acids is 2. The number of nitrogens with zero attached hydrogens (tertiary/aromatic N) is 1. The van der Waals surface area contributed by atoms with Crippen molar-refractivity contribution in [3.63, 3.8) is 0 Å². The minimum Gasteiger partial charge on any atom is -0.353 e. The highest BCUT2D eigenvalue weighted by Crippen LogP contribution is 2.61. The van der Waals surface area contributed by atoms with Crippen LogP contribution in [-0.2, 0) is 4.79 Å². The first-order valence-corrected chi connectivity index (χ1v) is 10.4. The summed E-state index contributed by atoms with van der Waals surface area (Å²) in [7, 11) is 0. The molecule has 3 amide bonds. The highest BCUT2D eigenvalue weighted by molar-refractivity contribution is 5.77. The molecule has 4 bridgehead atoms. The second-order valence-electron chi connectivity index (χ2n) is 9.26. The van der Waals surface area contributed by atoms with Gasteiger partial charge in [0.25, 0.3) is 0 Å². The lowest BCUT2D eigenvalue weighted by atomic mass is 9.49. The molecule has 5 heteroatoms. The van der Waals surface area contributed by atoms with Gasteiger partial charge in [-0.15, -0.1) is 0 Å². The number of rotatable bonds is 4. The van der Waals surface area contributed by atoms with Crippen molar-refractivity contribution in [2.75, 3.05) is 19.6 Å². The van der Waals surface area contributed by atoms with Crippen molar-refractivity contribution in [1.29, 1.82) is 0 Å². The number of carbonyl (C=O) groups is 2. The van der Waals surface area contributed by atoms with Crippen molar-refractivity contribution >= 4 is 11.9 Å². The van der Waals surface area contributed by atoms with Crippen molar-refractivity contribution < 1.29 is 9.59 Å². The van der Waals surface area contributed by atoms with E-state index in [-0.39, 0.29) is 18.0 Å². The molecule has 25 heavy (non-hydrogen) atoms. The lowest BCUT2D eigenvalue weighted by Crippen LogP contribution is -2.51. The average molecular weight is 348 g/mol. The van der Waals surface area contributed by atoms with Gasteiger partial charge < -0.3 is 15.5 Å². The zero-order valence-corrected chi connectivity index (χ0v) is 15.6. The molecule has 5 aliphatic rings. The van der Waals surface area contributed by atoms with Gasteiger partial charge in [-0.1, -0.05) is 0 Å². The highest BCUT2D eigenvalue weighted by atomic mass is 16.2. The zero-order valence-electron chi connectivity index (χ0n) is 15.6. The standard InChI is InChI=1S/C20H33N3O2/c1-2-21-19(25)23-5-3-17(4-6-23)22-18(24)13-20-10-14-7-15(11-20)9-16(8-14)12-20/h14-17H,2-13H2,1H3,(H,21,25)(H,22,24). The molecule has 0 unspecified atom stereocenters. The molecule has 0 aromatic carbocycles. The fraction of sp³-hybridized carbons (Fsp3) is 0.900. The minimum atomic E-state index is 0.0286. The van der Waals surface area contributed by atoms with Crippen LogP contribution < -0.4 is 10.6 Å². The maximum atomic E-state index is 12.7. The summed E-state index contributed by atoms with van der Waals surface area (Å²) in [4.78, 5) is 26.4. The first-order chi connectivity index (χ1) is 12.0. The number of hydrogen-bond acceptors (Lipinski definition) is 2. The first kappa shape index (κ1) is 17.2. The van der Waals surface area contributed by atoms with Gasteiger partial charge in [-0.05, 0) is 81.5 Å². The Labute approximate surface area is 151 Å². The number of piperidine rings is 1. The van der Waals surface area contributed by atoms with E-state index in [1.54, 1.807) is 0 Å². The highest BCUT2D eigenvalue weighted by Gasteiger charge is 2.51. The lowest BCUT2D eigenvalue weighted by Gasteiger charge is -2.56. The molecule has 2 N–H and O–H groups in total. The summed E-state index contributed by atoms with van der Waals surface area (Å²) in [5, 5.41) is 6.14. The SMILES string of the molecule is CCNC(=O)N1CCC(NC(=O)CC23CC4CC(CC(C4)C2)C3)CC1. The Morgan fingerprint density at radius 3 is 2.08 bits per heavy atom. The van der Waals surface area contributed by atoms with Gasteiger partial charge in [-0.2, -0.15) is 0 Å². The van der Waals surface area contributed by atoms with Gasteiger partial charge in [0, 0.05) is 32.1 Å². The number of urea groups is 1. The van der Waals surface area contributed by atoms with Crippen LogP contribution in [0.3, 0.4) is 0 Å². The van der Waals surface area contributed by atoms with E-state index in [9.17, 15) is 9.59 Å². The fourth-order valence-electron chi connectivity index (χ4n) is 6.62. The monoisotopic (exact) mass is 347 g/mol. The summed E-state index contributed by atoms with van der Waals surface area (Å²) < 4.78 is 0. The summed E-state index contributed by atoms with van der Waals surface area (Å²) in [5.74, 6) is 2.97. The smallest absolute Gasteiger partial charge is 0.317 e. The van der Waals surface area contributed by atoms with E-state index < -0.39 is 0 Å². The molecule has 140 valence electrons. The maximum absolute atomic E-state index is 12.7. The predicted molar refractivity (Wildman–Crippen MR) is 97.0 cm³/mol. The third-order valence-electron chi connectivity index (χ3n) is 7.18. The molecule has 1 heterocycles.